The maximum Gasteiger partial charge on any atom is 0.241 e. The highest BCUT2D eigenvalue weighted by molar-refractivity contribution is 8.15. The van der Waals surface area contributed by atoms with Crippen LogP contribution in [0.15, 0.2) is 35.4 Å². The van der Waals surface area contributed by atoms with E-state index in [4.69, 9.17) is 10.5 Å². The van der Waals surface area contributed by atoms with Gasteiger partial charge in [0.25, 0.3) is 0 Å². The Balaban J connectivity index is 1.94. The van der Waals surface area contributed by atoms with Gasteiger partial charge in [-0.3, -0.25) is 4.79 Å². The van der Waals surface area contributed by atoms with Gasteiger partial charge in [0, 0.05) is 30.0 Å². The van der Waals surface area contributed by atoms with Gasteiger partial charge in [0.05, 0.1) is 6.61 Å². The standard InChI is InChI=1S/C20H17F4N3O2S/c1-10(28)27-20(30-19(26-27)14-6-12(21)2-3-16(14)23)11(4-5-25)9-29-18-15(20)7-13(22)8-17(18)24/h2-3,6-8,11H,4-5,9,25H2,1H3. The Morgan fingerprint density at radius 1 is 1.23 bits per heavy atom. The Hall–Kier alpha value is -2.59. The van der Waals surface area contributed by atoms with Gasteiger partial charge >= 0.3 is 0 Å². The van der Waals surface area contributed by atoms with Gasteiger partial charge in [-0.2, -0.15) is 5.10 Å². The summed E-state index contributed by atoms with van der Waals surface area (Å²) in [5.41, 5.74) is 5.64. The molecule has 158 valence electrons. The van der Waals surface area contributed by atoms with Gasteiger partial charge in [0.1, 0.15) is 22.5 Å². The first-order chi connectivity index (χ1) is 14.3. The summed E-state index contributed by atoms with van der Waals surface area (Å²) in [6.45, 7) is 1.43. The first-order valence-electron chi connectivity index (χ1n) is 9.14. The zero-order chi connectivity index (χ0) is 21.6. The number of carbonyl (C=O) groups is 1. The van der Waals surface area contributed by atoms with E-state index in [1.807, 2.05) is 0 Å². The van der Waals surface area contributed by atoms with Crippen LogP contribution in [0.1, 0.15) is 24.5 Å². The van der Waals surface area contributed by atoms with Crippen LogP contribution in [0.25, 0.3) is 0 Å². The number of ether oxygens (including phenoxy) is 1. The maximum absolute atomic E-state index is 14.5. The molecule has 2 atom stereocenters. The topological polar surface area (TPSA) is 67.9 Å². The molecule has 10 heteroatoms. The molecule has 2 aliphatic rings. The number of nitrogens with zero attached hydrogens (tertiary/aromatic N) is 2. The van der Waals surface area contributed by atoms with Crippen LogP contribution in [-0.4, -0.2) is 29.1 Å². The minimum atomic E-state index is -1.42. The zero-order valence-corrected chi connectivity index (χ0v) is 16.6. The van der Waals surface area contributed by atoms with E-state index in [9.17, 15) is 22.4 Å². The molecule has 0 aliphatic carbocycles. The third-order valence-electron chi connectivity index (χ3n) is 5.11. The molecule has 2 aromatic carbocycles. The monoisotopic (exact) mass is 439 g/mol. The molecule has 0 radical (unpaired) electrons. The summed E-state index contributed by atoms with van der Waals surface area (Å²) in [7, 11) is 0. The van der Waals surface area contributed by atoms with Crippen LogP contribution in [0, 0.1) is 29.2 Å². The van der Waals surface area contributed by atoms with Gasteiger partial charge in [-0.15, -0.1) is 0 Å². The summed E-state index contributed by atoms with van der Waals surface area (Å²) >= 11 is 0.934. The zero-order valence-electron chi connectivity index (χ0n) is 15.8. The van der Waals surface area contributed by atoms with E-state index < -0.39 is 40.0 Å². The number of carbonyl (C=O) groups excluding carboxylic acids is 1. The van der Waals surface area contributed by atoms with Crippen molar-refractivity contribution in [2.45, 2.75) is 18.2 Å². The Labute approximate surface area is 173 Å². The van der Waals surface area contributed by atoms with Gasteiger partial charge in [-0.05, 0) is 37.2 Å². The third kappa shape index (κ3) is 3.14. The molecule has 2 heterocycles. The van der Waals surface area contributed by atoms with Crippen LogP contribution in [0.5, 0.6) is 5.75 Å². The van der Waals surface area contributed by atoms with Crippen LogP contribution < -0.4 is 10.5 Å². The fourth-order valence-corrected chi connectivity index (χ4v) is 5.40. The Morgan fingerprint density at radius 2 is 2.00 bits per heavy atom. The molecule has 2 aromatic rings. The second kappa shape index (κ2) is 7.59. The number of halogens is 4. The van der Waals surface area contributed by atoms with Crippen molar-refractivity contribution in [3.63, 3.8) is 0 Å². The fraction of sp³-hybridized carbons (Fsp3) is 0.300. The fourth-order valence-electron chi connectivity index (χ4n) is 3.85. The van der Waals surface area contributed by atoms with Crippen molar-refractivity contribution < 1.29 is 27.1 Å². The molecular formula is C20H17F4N3O2S. The third-order valence-corrected chi connectivity index (χ3v) is 6.64. The van der Waals surface area contributed by atoms with Gasteiger partial charge in [0.2, 0.25) is 5.91 Å². The molecule has 2 unspecified atom stereocenters. The lowest BCUT2D eigenvalue weighted by molar-refractivity contribution is -0.134. The molecule has 2 N–H and O–H groups in total. The highest BCUT2D eigenvalue weighted by Gasteiger charge is 2.57. The number of amides is 1. The minimum Gasteiger partial charge on any atom is -0.490 e. The molecule has 4 rings (SSSR count). The second-order valence-electron chi connectivity index (χ2n) is 7.01. The summed E-state index contributed by atoms with van der Waals surface area (Å²) in [5, 5.41) is 5.33. The SMILES string of the molecule is CC(=O)N1N=C(c2cc(F)ccc2F)SC12c1cc(F)cc(F)c1OCC2CCN. The van der Waals surface area contributed by atoms with Crippen LogP contribution >= 0.6 is 11.8 Å². The number of fused-ring (bicyclic) bond motifs is 2. The maximum atomic E-state index is 14.5. The van der Waals surface area contributed by atoms with Crippen molar-refractivity contribution in [1.82, 2.24) is 5.01 Å². The molecule has 5 nitrogen and oxygen atoms in total. The molecule has 0 bridgehead atoms. The van der Waals surface area contributed by atoms with Crippen LogP contribution in [0.4, 0.5) is 17.6 Å². The van der Waals surface area contributed by atoms with E-state index >= 15 is 0 Å². The van der Waals surface area contributed by atoms with Gasteiger partial charge < -0.3 is 10.5 Å². The number of rotatable bonds is 3. The average molecular weight is 439 g/mol. The predicted octanol–water partition coefficient (Wildman–Crippen LogP) is 3.71. The smallest absolute Gasteiger partial charge is 0.241 e. The van der Waals surface area contributed by atoms with Crippen LogP contribution in [-0.2, 0) is 9.67 Å². The highest BCUT2D eigenvalue weighted by Crippen LogP contribution is 2.58. The van der Waals surface area contributed by atoms with E-state index in [0.29, 0.717) is 12.5 Å². The number of benzene rings is 2. The summed E-state index contributed by atoms with van der Waals surface area (Å²) < 4.78 is 62.5. The predicted molar refractivity (Wildman–Crippen MR) is 104 cm³/mol. The van der Waals surface area contributed by atoms with E-state index in [2.05, 4.69) is 5.10 Å². The molecule has 0 saturated carbocycles. The summed E-state index contributed by atoms with van der Waals surface area (Å²) in [5.74, 6) is -4.47. The summed E-state index contributed by atoms with van der Waals surface area (Å²) in [6.07, 6.45) is 0.336. The van der Waals surface area contributed by atoms with Crippen molar-refractivity contribution >= 4 is 22.7 Å². The number of hydrogen-bond donors (Lipinski definition) is 1. The highest BCUT2D eigenvalue weighted by atomic mass is 32.2. The van der Waals surface area contributed by atoms with E-state index in [1.54, 1.807) is 0 Å². The van der Waals surface area contributed by atoms with Crippen molar-refractivity contribution in [3.8, 4) is 5.75 Å². The number of hydrogen-bond acceptors (Lipinski definition) is 5. The van der Waals surface area contributed by atoms with Crippen LogP contribution in [0.3, 0.4) is 0 Å². The van der Waals surface area contributed by atoms with Crippen molar-refractivity contribution in [2.75, 3.05) is 13.2 Å². The molecule has 0 fully saturated rings. The van der Waals surface area contributed by atoms with E-state index in [1.165, 1.54) is 6.92 Å². The molecule has 30 heavy (non-hydrogen) atoms. The Bertz CT molecular complexity index is 1060. The normalized spacial score (nSPS) is 22.7. The molecular weight excluding hydrogens is 422 g/mol. The minimum absolute atomic E-state index is 0.0155. The van der Waals surface area contributed by atoms with Crippen molar-refractivity contribution in [3.05, 3.63) is 64.7 Å². The summed E-state index contributed by atoms with van der Waals surface area (Å²) in [4.78, 5) is 11.1. The second-order valence-corrected chi connectivity index (χ2v) is 8.22. The molecule has 1 amide bonds. The van der Waals surface area contributed by atoms with E-state index in [0.717, 1.165) is 41.0 Å². The number of thioether (sulfide) groups is 1. The van der Waals surface area contributed by atoms with Crippen molar-refractivity contribution in [2.24, 2.45) is 16.8 Å². The lowest BCUT2D eigenvalue weighted by atomic mass is 9.86. The molecule has 0 saturated heterocycles. The van der Waals surface area contributed by atoms with Crippen molar-refractivity contribution in [1.29, 1.82) is 0 Å². The first-order valence-corrected chi connectivity index (χ1v) is 9.95. The molecule has 1 spiro atoms. The van der Waals surface area contributed by atoms with Gasteiger partial charge in [-0.1, -0.05) is 11.8 Å². The quantitative estimate of drug-likeness (QED) is 0.741. The lowest BCUT2D eigenvalue weighted by Crippen LogP contribution is -2.51. The largest absolute Gasteiger partial charge is 0.490 e. The molecule has 0 aromatic heterocycles. The lowest BCUT2D eigenvalue weighted by Gasteiger charge is -2.45. The van der Waals surface area contributed by atoms with Gasteiger partial charge in [0.15, 0.2) is 16.4 Å². The first kappa shape index (κ1) is 20.7. The van der Waals surface area contributed by atoms with Crippen LogP contribution in [0.2, 0.25) is 0 Å². The van der Waals surface area contributed by atoms with E-state index in [-0.39, 0.29) is 35.1 Å². The number of hydrazone groups is 1. The number of nitrogens with two attached hydrogens (primary N) is 1. The molecule has 2 aliphatic heterocycles. The summed E-state index contributed by atoms with van der Waals surface area (Å²) in [6, 6.07) is 4.63. The Kier molecular flexibility index (Phi) is 5.23. The van der Waals surface area contributed by atoms with Gasteiger partial charge in [-0.25, -0.2) is 22.6 Å². The Morgan fingerprint density at radius 3 is 2.70 bits per heavy atom. The average Bonchev–Trinajstić information content (AvgIpc) is 3.08.